The van der Waals surface area contributed by atoms with Gasteiger partial charge in [-0.15, -0.1) is 0 Å². The number of ether oxygens (including phenoxy) is 1. The van der Waals surface area contributed by atoms with Gasteiger partial charge in [0.25, 0.3) is 22.7 Å². The fraction of sp³-hybridized carbons (Fsp3) is 0.111. The number of anilines is 1. The van der Waals surface area contributed by atoms with Crippen molar-refractivity contribution in [3.63, 3.8) is 0 Å². The first-order chi connectivity index (χ1) is 14.3. The molecule has 1 aromatic heterocycles. The van der Waals surface area contributed by atoms with Gasteiger partial charge in [-0.05, 0) is 18.2 Å². The lowest BCUT2D eigenvalue weighted by Gasteiger charge is -2.09. The molecule has 0 aliphatic carbocycles. The van der Waals surface area contributed by atoms with E-state index in [-0.39, 0.29) is 10.8 Å². The van der Waals surface area contributed by atoms with Gasteiger partial charge in [0.05, 0.1) is 21.4 Å². The number of nitro benzene ring substituents is 1. The van der Waals surface area contributed by atoms with Crippen molar-refractivity contribution in [2.75, 3.05) is 11.9 Å². The number of nitrogens with zero attached hydrogens (tertiary/aromatic N) is 2. The molecule has 2 N–H and O–H groups in total. The van der Waals surface area contributed by atoms with E-state index in [0.29, 0.717) is 0 Å². The summed E-state index contributed by atoms with van der Waals surface area (Å²) in [5, 5.41) is 15.3. The molecule has 0 atom stereocenters. The molecule has 0 bridgehead atoms. The summed E-state index contributed by atoms with van der Waals surface area (Å²) in [7, 11) is 0. The lowest BCUT2D eigenvalue weighted by Crippen LogP contribution is -2.33. The van der Waals surface area contributed by atoms with Crippen LogP contribution in [0.25, 0.3) is 10.8 Å². The van der Waals surface area contributed by atoms with Crippen molar-refractivity contribution in [3.05, 3.63) is 79.1 Å². The number of fused-ring (bicyclic) bond motifs is 1. The first-order valence-corrected chi connectivity index (χ1v) is 8.37. The Hall–Kier alpha value is -4.35. The van der Waals surface area contributed by atoms with Crippen LogP contribution in [0, 0.1) is 15.9 Å². The van der Waals surface area contributed by atoms with Crippen LogP contribution in [0.1, 0.15) is 0 Å². The molecule has 0 fully saturated rings. The molecule has 0 saturated heterocycles. The average molecular weight is 416 g/mol. The zero-order valence-corrected chi connectivity index (χ0v) is 15.1. The van der Waals surface area contributed by atoms with Crippen molar-refractivity contribution in [2.24, 2.45) is 0 Å². The van der Waals surface area contributed by atoms with Crippen LogP contribution in [0.15, 0.2) is 52.1 Å². The highest BCUT2D eigenvalue weighted by atomic mass is 19.1. The fourth-order valence-electron chi connectivity index (χ4n) is 2.59. The smallest absolute Gasteiger partial charge is 0.328 e. The highest BCUT2D eigenvalue weighted by molar-refractivity contribution is 5.93. The molecule has 0 unspecified atom stereocenters. The van der Waals surface area contributed by atoms with Crippen molar-refractivity contribution in [1.29, 1.82) is 0 Å². The molecular formula is C18H13FN4O7. The lowest BCUT2D eigenvalue weighted by atomic mass is 10.2. The molecule has 12 heteroatoms. The topological polar surface area (TPSA) is 153 Å². The van der Waals surface area contributed by atoms with Crippen LogP contribution in [0.3, 0.4) is 0 Å². The summed E-state index contributed by atoms with van der Waals surface area (Å²) in [6, 6.07) is 8.57. The number of rotatable bonds is 6. The number of hydrogen-bond acceptors (Lipinski definition) is 7. The van der Waals surface area contributed by atoms with Crippen LogP contribution in [0.2, 0.25) is 0 Å². The number of carbonyl (C=O) groups is 2. The number of amides is 1. The number of nitro groups is 1. The number of hydrogen-bond donors (Lipinski definition) is 2. The van der Waals surface area contributed by atoms with Crippen molar-refractivity contribution in [2.45, 2.75) is 6.54 Å². The summed E-state index contributed by atoms with van der Waals surface area (Å²) >= 11 is 0. The standard InChI is InChI=1S/C18H13FN4O7/c19-13-6-5-10(23(28)29)7-14(13)20-15(24)9-30-16(25)8-22-18(27)12-4-2-1-3-11(12)17(26)21-22/h1-7H,8-9H2,(H,20,24)(H,21,26). The number of nitrogens with one attached hydrogen (secondary N) is 2. The van der Waals surface area contributed by atoms with Gasteiger partial charge in [-0.1, -0.05) is 12.1 Å². The van der Waals surface area contributed by atoms with Gasteiger partial charge in [-0.25, -0.2) is 9.07 Å². The SMILES string of the molecule is O=C(COC(=O)Cn1[nH]c(=O)c2ccccc2c1=O)Nc1cc([N+](=O)[O-])ccc1F. The maximum atomic E-state index is 13.7. The first kappa shape index (κ1) is 20.4. The number of non-ortho nitro benzene ring substituents is 1. The van der Waals surface area contributed by atoms with Crippen LogP contribution in [-0.2, 0) is 20.9 Å². The molecule has 1 heterocycles. The Morgan fingerprint density at radius 3 is 2.57 bits per heavy atom. The summed E-state index contributed by atoms with van der Waals surface area (Å²) in [4.78, 5) is 58.1. The molecule has 30 heavy (non-hydrogen) atoms. The third-order valence-electron chi connectivity index (χ3n) is 3.97. The fourth-order valence-corrected chi connectivity index (χ4v) is 2.59. The van der Waals surface area contributed by atoms with E-state index in [0.717, 1.165) is 22.9 Å². The quantitative estimate of drug-likeness (QED) is 0.344. The molecule has 0 spiro atoms. The molecule has 0 aliphatic rings. The van der Waals surface area contributed by atoms with Gasteiger partial charge in [-0.3, -0.25) is 34.4 Å². The maximum absolute atomic E-state index is 13.7. The number of aromatic nitrogens is 2. The van der Waals surface area contributed by atoms with E-state index in [1.54, 1.807) is 12.1 Å². The Morgan fingerprint density at radius 2 is 1.87 bits per heavy atom. The molecule has 0 aliphatic heterocycles. The third-order valence-corrected chi connectivity index (χ3v) is 3.97. The lowest BCUT2D eigenvalue weighted by molar-refractivity contribution is -0.384. The minimum atomic E-state index is -1.02. The largest absolute Gasteiger partial charge is 0.454 e. The van der Waals surface area contributed by atoms with Crippen molar-refractivity contribution in [3.8, 4) is 0 Å². The van der Waals surface area contributed by atoms with Crippen molar-refractivity contribution in [1.82, 2.24) is 9.78 Å². The third kappa shape index (κ3) is 4.38. The van der Waals surface area contributed by atoms with Gasteiger partial charge in [0.15, 0.2) is 6.61 Å². The van der Waals surface area contributed by atoms with E-state index in [1.807, 2.05) is 5.32 Å². The Morgan fingerprint density at radius 1 is 1.17 bits per heavy atom. The number of benzene rings is 2. The second-order valence-electron chi connectivity index (χ2n) is 6.01. The number of carbonyl (C=O) groups excluding carboxylic acids is 2. The average Bonchev–Trinajstić information content (AvgIpc) is 2.72. The van der Waals surface area contributed by atoms with E-state index in [1.165, 1.54) is 12.1 Å². The van der Waals surface area contributed by atoms with E-state index in [2.05, 4.69) is 5.10 Å². The molecule has 0 saturated carbocycles. The van der Waals surface area contributed by atoms with E-state index >= 15 is 0 Å². The zero-order valence-electron chi connectivity index (χ0n) is 15.1. The van der Waals surface area contributed by atoms with Gasteiger partial charge in [0, 0.05) is 12.1 Å². The van der Waals surface area contributed by atoms with Gasteiger partial charge < -0.3 is 10.1 Å². The Bertz CT molecular complexity index is 1280. The molecule has 0 radical (unpaired) electrons. The molecule has 2 aromatic carbocycles. The van der Waals surface area contributed by atoms with E-state index in [4.69, 9.17) is 4.74 Å². The Balaban J connectivity index is 1.65. The summed E-state index contributed by atoms with van der Waals surface area (Å²) in [5.41, 5.74) is -2.12. The summed E-state index contributed by atoms with van der Waals surface area (Å²) in [6.45, 7) is -1.51. The van der Waals surface area contributed by atoms with Crippen LogP contribution < -0.4 is 16.4 Å². The van der Waals surface area contributed by atoms with Gasteiger partial charge in [-0.2, -0.15) is 0 Å². The van der Waals surface area contributed by atoms with Gasteiger partial charge >= 0.3 is 5.97 Å². The zero-order chi connectivity index (χ0) is 21.8. The molecule has 11 nitrogen and oxygen atoms in total. The maximum Gasteiger partial charge on any atom is 0.328 e. The number of esters is 1. The summed E-state index contributed by atoms with van der Waals surface area (Å²) < 4.78 is 19.1. The Kier molecular flexibility index (Phi) is 5.67. The van der Waals surface area contributed by atoms with Gasteiger partial charge in [0.1, 0.15) is 12.4 Å². The normalized spacial score (nSPS) is 10.6. The molecule has 1 amide bonds. The molecular weight excluding hydrogens is 403 g/mol. The van der Waals surface area contributed by atoms with Gasteiger partial charge in [0.2, 0.25) is 0 Å². The van der Waals surface area contributed by atoms with Crippen molar-refractivity contribution < 1.29 is 23.6 Å². The second kappa shape index (κ2) is 8.34. The number of H-pyrrole nitrogens is 1. The minimum Gasteiger partial charge on any atom is -0.454 e. The van der Waals surface area contributed by atoms with E-state index in [9.17, 15) is 33.7 Å². The second-order valence-corrected chi connectivity index (χ2v) is 6.01. The first-order valence-electron chi connectivity index (χ1n) is 8.37. The Labute approximate surface area is 165 Å². The highest BCUT2D eigenvalue weighted by Gasteiger charge is 2.15. The van der Waals surface area contributed by atoms with Crippen LogP contribution in [0.5, 0.6) is 0 Å². The summed E-state index contributed by atoms with van der Waals surface area (Å²) in [5.74, 6) is -2.89. The number of aromatic amines is 1. The number of halogens is 1. The molecule has 3 rings (SSSR count). The predicted molar refractivity (Wildman–Crippen MR) is 101 cm³/mol. The molecule has 154 valence electrons. The predicted octanol–water partition coefficient (Wildman–Crippen LogP) is 0.919. The van der Waals surface area contributed by atoms with Crippen molar-refractivity contribution >= 4 is 34.0 Å². The summed E-state index contributed by atoms with van der Waals surface area (Å²) in [6.07, 6.45) is 0. The monoisotopic (exact) mass is 416 g/mol. The van der Waals surface area contributed by atoms with Crippen LogP contribution in [-0.4, -0.2) is 33.2 Å². The van der Waals surface area contributed by atoms with Crippen LogP contribution >= 0.6 is 0 Å². The van der Waals surface area contributed by atoms with E-state index < -0.39 is 58.3 Å². The molecule has 3 aromatic rings. The van der Waals surface area contributed by atoms with Crippen LogP contribution in [0.4, 0.5) is 15.8 Å². The highest BCUT2D eigenvalue weighted by Crippen LogP contribution is 2.21. The minimum absolute atomic E-state index is 0.105.